The molecule has 0 saturated heterocycles. The van der Waals surface area contributed by atoms with Gasteiger partial charge in [0.2, 0.25) is 5.69 Å². The van der Waals surface area contributed by atoms with Crippen LogP contribution >= 0.6 is 15.9 Å². The molecule has 0 aliphatic heterocycles. The van der Waals surface area contributed by atoms with E-state index in [4.69, 9.17) is 0 Å². The minimum Gasteiger partial charge on any atom is -0.258 e. The minimum atomic E-state index is -5.17. The second-order valence-electron chi connectivity index (χ2n) is 2.77. The molecule has 4 nitrogen and oxygen atoms in total. The standard InChI is InChI=1S/C7H2BrF5N2O2/c8-2-1-14-5(7(11,12)13)4(15(16)17)3(2)6(9)10/h1,6H. The van der Waals surface area contributed by atoms with Crippen LogP contribution in [0.2, 0.25) is 0 Å². The molecule has 0 unspecified atom stereocenters. The number of nitrogens with zero attached hydrogens (tertiary/aromatic N) is 2. The highest BCUT2D eigenvalue weighted by atomic mass is 79.9. The maximum Gasteiger partial charge on any atom is 0.440 e. The molecule has 0 N–H and O–H groups in total. The third-order valence-corrected chi connectivity index (χ3v) is 2.34. The Morgan fingerprint density at radius 1 is 1.41 bits per heavy atom. The van der Waals surface area contributed by atoms with Crippen LogP contribution in [-0.4, -0.2) is 9.91 Å². The van der Waals surface area contributed by atoms with Crippen molar-refractivity contribution in [2.24, 2.45) is 0 Å². The summed E-state index contributed by atoms with van der Waals surface area (Å²) >= 11 is 2.50. The molecule has 0 fully saturated rings. The van der Waals surface area contributed by atoms with E-state index in [1.54, 1.807) is 0 Å². The smallest absolute Gasteiger partial charge is 0.258 e. The van der Waals surface area contributed by atoms with E-state index >= 15 is 0 Å². The molecule has 1 rings (SSSR count). The third kappa shape index (κ3) is 2.68. The van der Waals surface area contributed by atoms with E-state index in [1.165, 1.54) is 0 Å². The first kappa shape index (κ1) is 13.7. The van der Waals surface area contributed by atoms with E-state index in [0.29, 0.717) is 6.20 Å². The highest BCUT2D eigenvalue weighted by Crippen LogP contribution is 2.42. The van der Waals surface area contributed by atoms with Crippen molar-refractivity contribution in [3.8, 4) is 0 Å². The zero-order valence-electron chi connectivity index (χ0n) is 7.63. The topological polar surface area (TPSA) is 56.0 Å². The minimum absolute atomic E-state index is 0.456. The number of nitro groups is 1. The number of hydrogen-bond donors (Lipinski definition) is 0. The van der Waals surface area contributed by atoms with Gasteiger partial charge in [0.1, 0.15) is 5.56 Å². The van der Waals surface area contributed by atoms with E-state index < -0.39 is 38.9 Å². The van der Waals surface area contributed by atoms with Gasteiger partial charge in [-0.05, 0) is 15.9 Å². The highest BCUT2D eigenvalue weighted by molar-refractivity contribution is 9.10. The summed E-state index contributed by atoms with van der Waals surface area (Å²) in [5.74, 6) is 0. The van der Waals surface area contributed by atoms with E-state index in [2.05, 4.69) is 20.9 Å². The number of hydrogen-bond acceptors (Lipinski definition) is 3. The van der Waals surface area contributed by atoms with Crippen molar-refractivity contribution in [3.63, 3.8) is 0 Å². The van der Waals surface area contributed by atoms with Gasteiger partial charge in [0.05, 0.1) is 9.40 Å². The first-order valence-corrected chi connectivity index (χ1v) is 4.63. The summed E-state index contributed by atoms with van der Waals surface area (Å²) in [5.41, 5.74) is -5.01. The van der Waals surface area contributed by atoms with E-state index in [0.717, 1.165) is 0 Å². The van der Waals surface area contributed by atoms with Gasteiger partial charge in [-0.25, -0.2) is 13.8 Å². The summed E-state index contributed by atoms with van der Waals surface area (Å²) in [7, 11) is 0. The lowest BCUT2D eigenvalue weighted by Crippen LogP contribution is -2.14. The molecule has 1 aromatic rings. The zero-order chi connectivity index (χ0) is 13.4. The van der Waals surface area contributed by atoms with E-state index in [1.807, 2.05) is 0 Å². The molecule has 0 radical (unpaired) electrons. The predicted molar refractivity (Wildman–Crippen MR) is 48.6 cm³/mol. The quantitative estimate of drug-likeness (QED) is 0.474. The Kier molecular flexibility index (Phi) is 3.65. The van der Waals surface area contributed by atoms with Crippen molar-refractivity contribution in [1.29, 1.82) is 0 Å². The molecule has 10 heteroatoms. The third-order valence-electron chi connectivity index (χ3n) is 1.71. The van der Waals surface area contributed by atoms with Crippen LogP contribution in [0.25, 0.3) is 0 Å². The van der Waals surface area contributed by atoms with Crippen LogP contribution in [-0.2, 0) is 6.18 Å². The Labute approximate surface area is 98.7 Å². The zero-order valence-corrected chi connectivity index (χ0v) is 9.22. The Balaban J connectivity index is 3.66. The summed E-state index contributed by atoms with van der Waals surface area (Å²) in [6.07, 6.45) is -8.14. The molecule has 0 aromatic carbocycles. The van der Waals surface area contributed by atoms with E-state index in [-0.39, 0.29) is 0 Å². The molecule has 0 aliphatic carbocycles. The molecule has 0 saturated carbocycles. The number of aromatic nitrogens is 1. The van der Waals surface area contributed by atoms with Crippen LogP contribution in [0.1, 0.15) is 17.7 Å². The van der Waals surface area contributed by atoms with Gasteiger partial charge in [0.15, 0.2) is 0 Å². The van der Waals surface area contributed by atoms with Gasteiger partial charge in [0.25, 0.3) is 6.43 Å². The van der Waals surface area contributed by atoms with Crippen molar-refractivity contribution in [2.75, 3.05) is 0 Å². The fourth-order valence-corrected chi connectivity index (χ4v) is 1.56. The van der Waals surface area contributed by atoms with Crippen molar-refractivity contribution < 1.29 is 26.9 Å². The van der Waals surface area contributed by atoms with Crippen LogP contribution in [0.5, 0.6) is 0 Å². The average Bonchev–Trinajstić information content (AvgIpc) is 2.14. The second kappa shape index (κ2) is 4.51. The van der Waals surface area contributed by atoms with E-state index in [9.17, 15) is 32.1 Å². The monoisotopic (exact) mass is 320 g/mol. The van der Waals surface area contributed by atoms with Crippen LogP contribution in [0.4, 0.5) is 27.6 Å². The number of rotatable bonds is 2. The Bertz CT molecular complexity index is 462. The molecular weight excluding hydrogens is 319 g/mol. The maximum atomic E-state index is 12.5. The fourth-order valence-electron chi connectivity index (χ4n) is 1.09. The van der Waals surface area contributed by atoms with Gasteiger partial charge in [-0.3, -0.25) is 10.1 Å². The van der Waals surface area contributed by atoms with Crippen molar-refractivity contribution in [1.82, 2.24) is 4.98 Å². The molecular formula is C7H2BrF5N2O2. The fraction of sp³-hybridized carbons (Fsp3) is 0.286. The van der Waals surface area contributed by atoms with Gasteiger partial charge in [-0.2, -0.15) is 13.2 Å². The summed E-state index contributed by atoms with van der Waals surface area (Å²) in [4.78, 5) is 11.7. The molecule has 94 valence electrons. The lowest BCUT2D eigenvalue weighted by molar-refractivity contribution is -0.390. The second-order valence-corrected chi connectivity index (χ2v) is 3.63. The summed E-state index contributed by atoms with van der Waals surface area (Å²) in [5, 5.41) is 10.5. The first-order valence-electron chi connectivity index (χ1n) is 3.84. The van der Waals surface area contributed by atoms with Crippen LogP contribution in [0, 0.1) is 10.1 Å². The largest absolute Gasteiger partial charge is 0.440 e. The number of alkyl halides is 5. The van der Waals surface area contributed by atoms with Gasteiger partial charge in [-0.15, -0.1) is 0 Å². The van der Waals surface area contributed by atoms with Gasteiger partial charge in [0, 0.05) is 6.20 Å². The maximum absolute atomic E-state index is 12.5. The van der Waals surface area contributed by atoms with Crippen molar-refractivity contribution >= 4 is 21.6 Å². The summed E-state index contributed by atoms with van der Waals surface area (Å²) < 4.78 is 61.5. The molecule has 0 amide bonds. The molecule has 1 aromatic heterocycles. The Morgan fingerprint density at radius 3 is 2.29 bits per heavy atom. The molecule has 0 spiro atoms. The SMILES string of the molecule is O=[N+]([O-])c1c(C(F)(F)F)ncc(Br)c1C(F)F. The van der Waals surface area contributed by atoms with Crippen molar-refractivity contribution in [3.05, 3.63) is 32.0 Å². The Hall–Kier alpha value is -1.32. The number of pyridine rings is 1. The van der Waals surface area contributed by atoms with Crippen LogP contribution < -0.4 is 0 Å². The predicted octanol–water partition coefficient (Wildman–Crippen LogP) is 3.71. The molecule has 0 bridgehead atoms. The molecule has 17 heavy (non-hydrogen) atoms. The molecule has 1 heterocycles. The normalized spacial score (nSPS) is 11.9. The molecule has 0 atom stereocenters. The highest BCUT2D eigenvalue weighted by Gasteiger charge is 2.44. The Morgan fingerprint density at radius 2 is 1.94 bits per heavy atom. The number of halogens is 6. The van der Waals surface area contributed by atoms with Crippen LogP contribution in [0.3, 0.4) is 0 Å². The average molecular weight is 321 g/mol. The summed E-state index contributed by atoms with van der Waals surface area (Å²) in [6, 6.07) is 0. The van der Waals surface area contributed by atoms with Crippen LogP contribution in [0.15, 0.2) is 10.7 Å². The first-order chi connectivity index (χ1) is 7.66. The van der Waals surface area contributed by atoms with Crippen molar-refractivity contribution in [2.45, 2.75) is 12.6 Å². The van der Waals surface area contributed by atoms with Gasteiger partial charge < -0.3 is 0 Å². The van der Waals surface area contributed by atoms with Gasteiger partial charge in [-0.1, -0.05) is 0 Å². The molecule has 0 aliphatic rings. The lowest BCUT2D eigenvalue weighted by Gasteiger charge is -2.10. The summed E-state index contributed by atoms with van der Waals surface area (Å²) in [6.45, 7) is 0. The lowest BCUT2D eigenvalue weighted by atomic mass is 10.2. The van der Waals surface area contributed by atoms with Gasteiger partial charge >= 0.3 is 11.9 Å².